The molecule has 0 atom stereocenters. The number of nitrogens with zero attached hydrogens (tertiary/aromatic N) is 1. The lowest BCUT2D eigenvalue weighted by atomic mass is 9.95. The van der Waals surface area contributed by atoms with E-state index >= 15 is 0 Å². The van der Waals surface area contributed by atoms with E-state index in [4.69, 9.17) is 4.74 Å². The van der Waals surface area contributed by atoms with Gasteiger partial charge in [-0.3, -0.25) is 9.69 Å². The van der Waals surface area contributed by atoms with Gasteiger partial charge in [0.1, 0.15) is 5.75 Å². The first-order chi connectivity index (χ1) is 11.6. The van der Waals surface area contributed by atoms with E-state index in [0.717, 1.165) is 51.2 Å². The molecule has 1 aliphatic rings. The molecule has 0 aliphatic carbocycles. The average molecular weight is 332 g/mol. The van der Waals surface area contributed by atoms with Crippen molar-refractivity contribution in [2.45, 2.75) is 46.6 Å². The third-order valence-electron chi connectivity index (χ3n) is 4.62. The Morgan fingerprint density at radius 3 is 2.50 bits per heavy atom. The van der Waals surface area contributed by atoms with Gasteiger partial charge in [-0.2, -0.15) is 0 Å². The van der Waals surface area contributed by atoms with Crippen LogP contribution in [0.25, 0.3) is 0 Å². The second-order valence-corrected chi connectivity index (χ2v) is 7.10. The fourth-order valence-corrected chi connectivity index (χ4v) is 3.10. The zero-order valence-corrected chi connectivity index (χ0v) is 15.4. The summed E-state index contributed by atoms with van der Waals surface area (Å²) >= 11 is 0. The SMILES string of the molecule is CCOc1ccc(CN2CCC(C(=O)NCCC(C)C)CC2)cc1. The normalized spacial score (nSPS) is 16.3. The molecule has 0 aromatic heterocycles. The summed E-state index contributed by atoms with van der Waals surface area (Å²) in [4.78, 5) is 14.6. The fourth-order valence-electron chi connectivity index (χ4n) is 3.10. The van der Waals surface area contributed by atoms with Gasteiger partial charge in [0.2, 0.25) is 5.91 Å². The summed E-state index contributed by atoms with van der Waals surface area (Å²) in [6.07, 6.45) is 2.98. The van der Waals surface area contributed by atoms with Gasteiger partial charge in [0, 0.05) is 19.0 Å². The van der Waals surface area contributed by atoms with Crippen molar-refractivity contribution in [1.82, 2.24) is 10.2 Å². The highest BCUT2D eigenvalue weighted by molar-refractivity contribution is 5.78. The van der Waals surface area contributed by atoms with Gasteiger partial charge in [0.15, 0.2) is 0 Å². The minimum atomic E-state index is 0.189. The predicted molar refractivity (Wildman–Crippen MR) is 98.1 cm³/mol. The van der Waals surface area contributed by atoms with Gasteiger partial charge in [0.25, 0.3) is 0 Å². The quantitative estimate of drug-likeness (QED) is 0.793. The lowest BCUT2D eigenvalue weighted by Crippen LogP contribution is -2.40. The smallest absolute Gasteiger partial charge is 0.223 e. The molecule has 1 aromatic carbocycles. The molecule has 0 spiro atoms. The van der Waals surface area contributed by atoms with Crippen LogP contribution in [0.4, 0.5) is 0 Å². The summed E-state index contributed by atoms with van der Waals surface area (Å²) in [5.41, 5.74) is 1.30. The number of rotatable bonds is 8. The first-order valence-electron chi connectivity index (χ1n) is 9.30. The summed E-state index contributed by atoms with van der Waals surface area (Å²) in [7, 11) is 0. The highest BCUT2D eigenvalue weighted by Gasteiger charge is 2.24. The third-order valence-corrected chi connectivity index (χ3v) is 4.62. The first kappa shape index (κ1) is 18.8. The summed E-state index contributed by atoms with van der Waals surface area (Å²) in [5.74, 6) is 2.00. The lowest BCUT2D eigenvalue weighted by Gasteiger charge is -2.31. The predicted octanol–water partition coefficient (Wildman–Crippen LogP) is 3.46. The minimum Gasteiger partial charge on any atom is -0.494 e. The van der Waals surface area contributed by atoms with Gasteiger partial charge in [-0.05, 0) is 62.9 Å². The van der Waals surface area contributed by atoms with Crippen LogP contribution < -0.4 is 10.1 Å². The number of amides is 1. The molecule has 1 aliphatic heterocycles. The van der Waals surface area contributed by atoms with Crippen molar-refractivity contribution >= 4 is 5.91 Å². The van der Waals surface area contributed by atoms with E-state index in [1.807, 2.05) is 19.1 Å². The molecule has 0 bridgehead atoms. The number of benzene rings is 1. The highest BCUT2D eigenvalue weighted by atomic mass is 16.5. The number of carbonyl (C=O) groups is 1. The van der Waals surface area contributed by atoms with Crippen molar-refractivity contribution in [1.29, 1.82) is 0 Å². The lowest BCUT2D eigenvalue weighted by molar-refractivity contribution is -0.126. The zero-order valence-electron chi connectivity index (χ0n) is 15.4. The third kappa shape index (κ3) is 6.16. The van der Waals surface area contributed by atoms with Crippen LogP contribution in [0, 0.1) is 11.8 Å². The molecule has 1 N–H and O–H groups in total. The van der Waals surface area contributed by atoms with Gasteiger partial charge in [0.05, 0.1) is 6.61 Å². The molecular formula is C20H32N2O2. The number of likely N-dealkylation sites (tertiary alicyclic amines) is 1. The molecule has 0 unspecified atom stereocenters. The van der Waals surface area contributed by atoms with Gasteiger partial charge in [-0.25, -0.2) is 0 Å². The van der Waals surface area contributed by atoms with Gasteiger partial charge >= 0.3 is 0 Å². The second-order valence-electron chi connectivity index (χ2n) is 7.10. The Morgan fingerprint density at radius 1 is 1.25 bits per heavy atom. The number of hydrogen-bond donors (Lipinski definition) is 1. The van der Waals surface area contributed by atoms with Gasteiger partial charge in [-0.15, -0.1) is 0 Å². The molecule has 4 nitrogen and oxygen atoms in total. The topological polar surface area (TPSA) is 41.6 Å². The fraction of sp³-hybridized carbons (Fsp3) is 0.650. The number of hydrogen-bond acceptors (Lipinski definition) is 3. The summed E-state index contributed by atoms with van der Waals surface area (Å²) in [5, 5.41) is 3.10. The molecule has 1 amide bonds. The van der Waals surface area contributed by atoms with Crippen LogP contribution >= 0.6 is 0 Å². The van der Waals surface area contributed by atoms with E-state index < -0.39 is 0 Å². The zero-order chi connectivity index (χ0) is 17.4. The number of carbonyl (C=O) groups excluding carboxylic acids is 1. The minimum absolute atomic E-state index is 0.189. The van der Waals surface area contributed by atoms with E-state index in [2.05, 4.69) is 36.2 Å². The Balaban J connectivity index is 1.71. The molecule has 1 heterocycles. The molecule has 1 aromatic rings. The van der Waals surface area contributed by atoms with Crippen molar-refractivity contribution in [2.24, 2.45) is 11.8 Å². The van der Waals surface area contributed by atoms with Crippen molar-refractivity contribution in [2.75, 3.05) is 26.2 Å². The van der Waals surface area contributed by atoms with Gasteiger partial charge in [-0.1, -0.05) is 26.0 Å². The molecule has 1 fully saturated rings. The average Bonchev–Trinajstić information content (AvgIpc) is 2.57. The van der Waals surface area contributed by atoms with Crippen LogP contribution in [0.2, 0.25) is 0 Å². The largest absolute Gasteiger partial charge is 0.494 e. The number of ether oxygens (including phenoxy) is 1. The molecular weight excluding hydrogens is 300 g/mol. The maximum absolute atomic E-state index is 12.2. The van der Waals surface area contributed by atoms with E-state index in [1.165, 1.54) is 5.56 Å². The monoisotopic (exact) mass is 332 g/mol. The number of piperidine rings is 1. The molecule has 134 valence electrons. The van der Waals surface area contributed by atoms with Crippen LogP contribution in [0.5, 0.6) is 5.75 Å². The maximum atomic E-state index is 12.2. The second kappa shape index (κ2) is 9.67. The van der Waals surface area contributed by atoms with Crippen LogP contribution in [-0.2, 0) is 11.3 Å². The Kier molecular flexibility index (Phi) is 7.57. The Hall–Kier alpha value is -1.55. The van der Waals surface area contributed by atoms with Crippen molar-refractivity contribution in [3.05, 3.63) is 29.8 Å². The van der Waals surface area contributed by atoms with E-state index in [9.17, 15) is 4.79 Å². The van der Waals surface area contributed by atoms with E-state index in [1.54, 1.807) is 0 Å². The van der Waals surface area contributed by atoms with Gasteiger partial charge < -0.3 is 10.1 Å². The van der Waals surface area contributed by atoms with Crippen LogP contribution in [0.3, 0.4) is 0 Å². The van der Waals surface area contributed by atoms with Crippen molar-refractivity contribution in [3.8, 4) is 5.75 Å². The molecule has 2 rings (SSSR count). The molecule has 24 heavy (non-hydrogen) atoms. The van der Waals surface area contributed by atoms with Crippen LogP contribution in [-0.4, -0.2) is 37.0 Å². The van der Waals surface area contributed by atoms with Crippen LogP contribution in [0.15, 0.2) is 24.3 Å². The van der Waals surface area contributed by atoms with Crippen molar-refractivity contribution in [3.63, 3.8) is 0 Å². The standard InChI is InChI=1S/C20H32N2O2/c1-4-24-19-7-5-17(6-8-19)15-22-13-10-18(11-14-22)20(23)21-12-9-16(2)3/h5-8,16,18H,4,9-15H2,1-3H3,(H,21,23). The highest BCUT2D eigenvalue weighted by Crippen LogP contribution is 2.20. The Morgan fingerprint density at radius 2 is 1.92 bits per heavy atom. The first-order valence-corrected chi connectivity index (χ1v) is 9.30. The number of nitrogens with one attached hydrogen (secondary N) is 1. The Bertz CT molecular complexity index is 491. The summed E-state index contributed by atoms with van der Waals surface area (Å²) in [6.45, 7) is 10.8. The molecule has 1 saturated heterocycles. The van der Waals surface area contributed by atoms with E-state index in [-0.39, 0.29) is 11.8 Å². The summed E-state index contributed by atoms with van der Waals surface area (Å²) in [6, 6.07) is 8.34. The maximum Gasteiger partial charge on any atom is 0.223 e. The Labute approximate surface area is 146 Å². The molecule has 4 heteroatoms. The molecule has 0 saturated carbocycles. The van der Waals surface area contributed by atoms with Crippen molar-refractivity contribution < 1.29 is 9.53 Å². The summed E-state index contributed by atoms with van der Waals surface area (Å²) < 4.78 is 5.48. The van der Waals surface area contributed by atoms with E-state index in [0.29, 0.717) is 12.5 Å². The molecule has 0 radical (unpaired) electrons. The van der Waals surface area contributed by atoms with Crippen LogP contribution in [0.1, 0.15) is 45.6 Å².